The van der Waals surface area contributed by atoms with Crippen molar-refractivity contribution < 1.29 is 28.2 Å². The second-order valence-electron chi connectivity index (χ2n) is 7.05. The molecule has 0 saturated carbocycles. The Balaban J connectivity index is 2.92. The van der Waals surface area contributed by atoms with Crippen LogP contribution in [0.4, 0.5) is 4.79 Å². The second-order valence-corrected chi connectivity index (χ2v) is 7.05. The highest BCUT2D eigenvalue weighted by Crippen LogP contribution is 2.28. The lowest BCUT2D eigenvalue weighted by molar-refractivity contribution is -0.151. The zero-order chi connectivity index (χ0) is 17.8. The summed E-state index contributed by atoms with van der Waals surface area (Å²) in [5, 5.41) is 0. The van der Waals surface area contributed by atoms with Gasteiger partial charge in [0.2, 0.25) is 0 Å². The van der Waals surface area contributed by atoms with Gasteiger partial charge in [-0.1, -0.05) is 6.58 Å². The predicted molar refractivity (Wildman–Crippen MR) is 83.8 cm³/mol. The van der Waals surface area contributed by atoms with Gasteiger partial charge in [-0.3, -0.25) is 0 Å². The summed E-state index contributed by atoms with van der Waals surface area (Å²) in [6, 6.07) is 1.57. The van der Waals surface area contributed by atoms with Crippen LogP contribution >= 0.6 is 0 Å². The summed E-state index contributed by atoms with van der Waals surface area (Å²) < 4.78 is 20.6. The van der Waals surface area contributed by atoms with Crippen molar-refractivity contribution in [2.45, 2.75) is 58.8 Å². The van der Waals surface area contributed by atoms with E-state index in [4.69, 9.17) is 18.6 Å². The van der Waals surface area contributed by atoms with Crippen molar-refractivity contribution in [3.05, 3.63) is 36.3 Å². The monoisotopic (exact) mass is 324 g/mol. The molecule has 0 spiro atoms. The molecule has 1 rings (SSSR count). The van der Waals surface area contributed by atoms with Gasteiger partial charge in [-0.05, 0) is 47.6 Å². The molecule has 6 heteroatoms. The third-order valence-electron chi connectivity index (χ3n) is 2.43. The van der Waals surface area contributed by atoms with Crippen LogP contribution in [0.15, 0.2) is 35.2 Å². The Labute approximate surface area is 136 Å². The Morgan fingerprint density at radius 3 is 2.09 bits per heavy atom. The van der Waals surface area contributed by atoms with Crippen molar-refractivity contribution in [1.82, 2.24) is 0 Å². The van der Waals surface area contributed by atoms with Crippen molar-refractivity contribution in [2.24, 2.45) is 0 Å². The summed E-state index contributed by atoms with van der Waals surface area (Å²) in [7, 11) is 0. The van der Waals surface area contributed by atoms with Gasteiger partial charge in [0.25, 0.3) is 0 Å². The Morgan fingerprint density at radius 1 is 1.09 bits per heavy atom. The topological polar surface area (TPSA) is 75.0 Å². The number of hydrogen-bond donors (Lipinski definition) is 0. The molecule has 1 unspecified atom stereocenters. The fourth-order valence-corrected chi connectivity index (χ4v) is 1.59. The van der Waals surface area contributed by atoms with Crippen LogP contribution in [0.5, 0.6) is 0 Å². The summed E-state index contributed by atoms with van der Waals surface area (Å²) in [5.41, 5.74) is -0.961. The summed E-state index contributed by atoms with van der Waals surface area (Å²) in [6.07, 6.45) is 0.820. The van der Waals surface area contributed by atoms with Crippen LogP contribution in [0.2, 0.25) is 0 Å². The van der Waals surface area contributed by atoms with E-state index in [0.29, 0.717) is 5.56 Å². The van der Waals surface area contributed by atoms with Gasteiger partial charge in [0, 0.05) is 5.56 Å². The van der Waals surface area contributed by atoms with E-state index in [1.807, 2.05) is 0 Å². The normalized spacial score (nSPS) is 13.1. The maximum Gasteiger partial charge on any atom is 0.509 e. The maximum atomic E-state index is 12.2. The standard InChI is InChI=1S/C17H24O6/c1-11(14(18)22-16(2,3)4)13(12-8-9-20-10-12)21-15(19)23-17(5,6)7/h8-10,13H,1H2,2-7H3. The molecule has 0 bridgehead atoms. The fraction of sp³-hybridized carbons (Fsp3) is 0.529. The van der Waals surface area contributed by atoms with Crippen LogP contribution in [-0.4, -0.2) is 23.3 Å². The molecule has 1 heterocycles. The Hall–Kier alpha value is -2.24. The molecule has 0 saturated heterocycles. The van der Waals surface area contributed by atoms with Crippen molar-refractivity contribution in [2.75, 3.05) is 0 Å². The average Bonchev–Trinajstić information content (AvgIpc) is 2.84. The van der Waals surface area contributed by atoms with Gasteiger partial charge < -0.3 is 18.6 Å². The van der Waals surface area contributed by atoms with Crippen molar-refractivity contribution in [3.8, 4) is 0 Å². The molecular formula is C17H24O6. The lowest BCUT2D eigenvalue weighted by atomic mass is 10.1. The molecule has 0 aliphatic heterocycles. The molecular weight excluding hydrogens is 300 g/mol. The smallest absolute Gasteiger partial charge is 0.472 e. The number of carbonyl (C=O) groups is 2. The van der Waals surface area contributed by atoms with Gasteiger partial charge in [-0.15, -0.1) is 0 Å². The third kappa shape index (κ3) is 6.59. The van der Waals surface area contributed by atoms with E-state index in [1.54, 1.807) is 47.6 Å². The molecule has 0 aromatic carbocycles. The Bertz CT molecular complexity index is 557. The molecule has 23 heavy (non-hydrogen) atoms. The molecule has 1 aromatic rings. The minimum atomic E-state index is -1.04. The molecule has 1 atom stereocenters. The summed E-state index contributed by atoms with van der Waals surface area (Å²) >= 11 is 0. The number of furan rings is 1. The minimum Gasteiger partial charge on any atom is -0.472 e. The van der Waals surface area contributed by atoms with Crippen LogP contribution in [0.25, 0.3) is 0 Å². The van der Waals surface area contributed by atoms with E-state index in [9.17, 15) is 9.59 Å². The van der Waals surface area contributed by atoms with Crippen molar-refractivity contribution in [3.63, 3.8) is 0 Å². The predicted octanol–water partition coefficient (Wildman–Crippen LogP) is 4.17. The highest BCUT2D eigenvalue weighted by atomic mass is 16.7. The average molecular weight is 324 g/mol. The van der Waals surface area contributed by atoms with Gasteiger partial charge >= 0.3 is 12.1 Å². The van der Waals surface area contributed by atoms with E-state index in [0.717, 1.165) is 0 Å². The Kier molecular flexibility index (Phi) is 5.64. The number of carbonyl (C=O) groups excluding carboxylic acids is 2. The third-order valence-corrected chi connectivity index (χ3v) is 2.43. The van der Waals surface area contributed by atoms with Crippen LogP contribution < -0.4 is 0 Å². The maximum absolute atomic E-state index is 12.2. The first-order valence-corrected chi connectivity index (χ1v) is 7.23. The van der Waals surface area contributed by atoms with E-state index >= 15 is 0 Å². The molecule has 6 nitrogen and oxygen atoms in total. The van der Waals surface area contributed by atoms with Gasteiger partial charge in [0.05, 0.1) is 18.1 Å². The van der Waals surface area contributed by atoms with Crippen LogP contribution in [0.1, 0.15) is 53.2 Å². The van der Waals surface area contributed by atoms with Crippen molar-refractivity contribution >= 4 is 12.1 Å². The van der Waals surface area contributed by atoms with Crippen LogP contribution in [0, 0.1) is 0 Å². The number of ether oxygens (including phenoxy) is 3. The van der Waals surface area contributed by atoms with E-state index in [-0.39, 0.29) is 5.57 Å². The number of rotatable bonds is 4. The zero-order valence-electron chi connectivity index (χ0n) is 14.5. The lowest BCUT2D eigenvalue weighted by Crippen LogP contribution is -2.29. The van der Waals surface area contributed by atoms with Crippen LogP contribution in [-0.2, 0) is 19.0 Å². The minimum absolute atomic E-state index is 0.0211. The SMILES string of the molecule is C=C(C(=O)OC(C)(C)C)C(OC(=O)OC(C)(C)C)c1ccoc1. The molecule has 0 N–H and O–H groups in total. The number of esters is 1. The molecule has 0 radical (unpaired) electrons. The highest BCUT2D eigenvalue weighted by Gasteiger charge is 2.31. The van der Waals surface area contributed by atoms with Gasteiger partial charge in [-0.25, -0.2) is 9.59 Å². The van der Waals surface area contributed by atoms with Crippen LogP contribution in [0.3, 0.4) is 0 Å². The summed E-state index contributed by atoms with van der Waals surface area (Å²) in [4.78, 5) is 24.1. The fourth-order valence-electron chi connectivity index (χ4n) is 1.59. The van der Waals surface area contributed by atoms with Gasteiger partial charge in [-0.2, -0.15) is 0 Å². The first-order valence-electron chi connectivity index (χ1n) is 7.23. The molecule has 0 amide bonds. The molecule has 0 aliphatic carbocycles. The second kappa shape index (κ2) is 6.89. The van der Waals surface area contributed by atoms with Crippen molar-refractivity contribution in [1.29, 1.82) is 0 Å². The highest BCUT2D eigenvalue weighted by molar-refractivity contribution is 5.89. The quantitative estimate of drug-likeness (QED) is 0.611. The molecule has 0 fully saturated rings. The van der Waals surface area contributed by atoms with Gasteiger partial charge in [0.1, 0.15) is 11.2 Å². The summed E-state index contributed by atoms with van der Waals surface area (Å²) in [5.74, 6) is -0.660. The zero-order valence-corrected chi connectivity index (χ0v) is 14.5. The number of hydrogen-bond acceptors (Lipinski definition) is 6. The Morgan fingerprint density at radius 2 is 1.65 bits per heavy atom. The summed E-state index contributed by atoms with van der Waals surface area (Å²) in [6.45, 7) is 14.0. The largest absolute Gasteiger partial charge is 0.509 e. The molecule has 1 aromatic heterocycles. The van der Waals surface area contributed by atoms with E-state index < -0.39 is 29.4 Å². The molecule has 0 aliphatic rings. The first-order chi connectivity index (χ1) is 10.4. The molecule has 128 valence electrons. The first kappa shape index (κ1) is 18.8. The van der Waals surface area contributed by atoms with Gasteiger partial charge in [0.15, 0.2) is 6.10 Å². The van der Waals surface area contributed by atoms with E-state index in [1.165, 1.54) is 12.5 Å². The lowest BCUT2D eigenvalue weighted by Gasteiger charge is -2.25. The van der Waals surface area contributed by atoms with E-state index in [2.05, 4.69) is 6.58 Å².